The fourth-order valence-electron chi connectivity index (χ4n) is 2.25. The van der Waals surface area contributed by atoms with E-state index in [4.69, 9.17) is 23.2 Å². The molecule has 126 valence electrons. The van der Waals surface area contributed by atoms with Gasteiger partial charge in [0.2, 0.25) is 0 Å². The maximum Gasteiger partial charge on any atom is 0.335 e. The predicted octanol–water partition coefficient (Wildman–Crippen LogP) is 3.80. The van der Waals surface area contributed by atoms with Crippen LogP contribution >= 0.6 is 23.2 Å². The Hall–Kier alpha value is -2.70. The molecule has 0 radical (unpaired) electrons. The van der Waals surface area contributed by atoms with Gasteiger partial charge < -0.3 is 0 Å². The number of rotatable bonds is 2. The van der Waals surface area contributed by atoms with E-state index in [0.29, 0.717) is 10.6 Å². The van der Waals surface area contributed by atoms with E-state index in [9.17, 15) is 18.8 Å². The zero-order valence-electron chi connectivity index (χ0n) is 12.4. The van der Waals surface area contributed by atoms with Crippen molar-refractivity contribution < 1.29 is 18.8 Å². The number of imide groups is 2. The molecule has 0 unspecified atom stereocenters. The third-order valence-corrected chi connectivity index (χ3v) is 4.18. The summed E-state index contributed by atoms with van der Waals surface area (Å²) in [5.74, 6) is -2.18. The summed E-state index contributed by atoms with van der Waals surface area (Å²) in [5, 5.41) is 2.66. The quantitative estimate of drug-likeness (QED) is 0.638. The second kappa shape index (κ2) is 6.66. The van der Waals surface area contributed by atoms with E-state index in [2.05, 4.69) is 5.32 Å². The van der Waals surface area contributed by atoms with Crippen LogP contribution in [0, 0.1) is 5.82 Å². The molecule has 0 bridgehead atoms. The zero-order valence-corrected chi connectivity index (χ0v) is 13.9. The maximum atomic E-state index is 13.1. The van der Waals surface area contributed by atoms with E-state index >= 15 is 0 Å². The summed E-state index contributed by atoms with van der Waals surface area (Å²) < 4.78 is 13.1. The molecule has 0 saturated carbocycles. The predicted molar refractivity (Wildman–Crippen MR) is 91.9 cm³/mol. The molecule has 1 N–H and O–H groups in total. The Morgan fingerprint density at radius 2 is 1.64 bits per heavy atom. The SMILES string of the molecule is O=C1NC(=O)N(c2ccc(F)cc2)C(=O)C1=Cc1ccc(Cl)c(Cl)c1. The minimum atomic E-state index is -0.909. The molecule has 1 heterocycles. The van der Waals surface area contributed by atoms with Crippen molar-refractivity contribution in [3.05, 3.63) is 69.5 Å². The number of anilines is 1. The normalized spacial score (nSPS) is 16.4. The molecule has 0 aliphatic carbocycles. The van der Waals surface area contributed by atoms with E-state index in [1.807, 2.05) is 0 Å². The van der Waals surface area contributed by atoms with Gasteiger partial charge in [0.15, 0.2) is 0 Å². The summed E-state index contributed by atoms with van der Waals surface area (Å²) in [6.45, 7) is 0. The third-order valence-electron chi connectivity index (χ3n) is 3.44. The van der Waals surface area contributed by atoms with Crippen molar-refractivity contribution in [2.24, 2.45) is 0 Å². The van der Waals surface area contributed by atoms with E-state index in [1.54, 1.807) is 6.07 Å². The van der Waals surface area contributed by atoms with Crippen molar-refractivity contribution >= 4 is 52.8 Å². The Bertz CT molecular complexity index is 926. The summed E-state index contributed by atoms with van der Waals surface area (Å²) in [6.07, 6.45) is 1.29. The Kier molecular flexibility index (Phi) is 4.57. The second-order valence-corrected chi connectivity index (χ2v) is 5.92. The number of hydrogen-bond donors (Lipinski definition) is 1. The van der Waals surface area contributed by atoms with Crippen LogP contribution in [0.3, 0.4) is 0 Å². The van der Waals surface area contributed by atoms with Gasteiger partial charge in [-0.3, -0.25) is 14.9 Å². The topological polar surface area (TPSA) is 66.5 Å². The van der Waals surface area contributed by atoms with Crippen molar-refractivity contribution in [2.45, 2.75) is 0 Å². The fraction of sp³-hybridized carbons (Fsp3) is 0. The van der Waals surface area contributed by atoms with Crippen LogP contribution in [0.2, 0.25) is 10.0 Å². The van der Waals surface area contributed by atoms with Crippen LogP contribution in [0.1, 0.15) is 5.56 Å². The highest BCUT2D eigenvalue weighted by Crippen LogP contribution is 2.26. The van der Waals surface area contributed by atoms with Crippen molar-refractivity contribution in [1.29, 1.82) is 0 Å². The fourth-order valence-corrected chi connectivity index (χ4v) is 2.56. The Balaban J connectivity index is 2.01. The van der Waals surface area contributed by atoms with Crippen molar-refractivity contribution in [3.8, 4) is 0 Å². The van der Waals surface area contributed by atoms with E-state index < -0.39 is 23.7 Å². The van der Waals surface area contributed by atoms with Gasteiger partial charge in [-0.2, -0.15) is 0 Å². The number of urea groups is 1. The van der Waals surface area contributed by atoms with Crippen LogP contribution in [0.5, 0.6) is 0 Å². The van der Waals surface area contributed by atoms with E-state index in [0.717, 1.165) is 17.0 Å². The molecule has 8 heteroatoms. The Morgan fingerprint density at radius 3 is 2.28 bits per heavy atom. The lowest BCUT2D eigenvalue weighted by Gasteiger charge is -2.26. The van der Waals surface area contributed by atoms with Gasteiger partial charge in [-0.15, -0.1) is 0 Å². The summed E-state index contributed by atoms with van der Waals surface area (Å²) in [5.41, 5.74) is 0.333. The highest BCUT2D eigenvalue weighted by molar-refractivity contribution is 6.42. The molecule has 2 aromatic carbocycles. The average molecular weight is 379 g/mol. The summed E-state index contributed by atoms with van der Waals surface area (Å²) in [6, 6.07) is 8.40. The molecule has 5 nitrogen and oxygen atoms in total. The van der Waals surface area contributed by atoms with Crippen LogP contribution in [0.25, 0.3) is 6.08 Å². The van der Waals surface area contributed by atoms with E-state index in [-0.39, 0.29) is 16.3 Å². The van der Waals surface area contributed by atoms with Gasteiger partial charge in [0, 0.05) is 0 Å². The molecule has 0 atom stereocenters. The standard InChI is InChI=1S/C17H9Cl2FN2O3/c18-13-6-1-9(8-14(13)19)7-12-15(23)21-17(25)22(16(12)24)11-4-2-10(20)3-5-11/h1-8H,(H,21,23,25). The lowest BCUT2D eigenvalue weighted by molar-refractivity contribution is -0.122. The first-order chi connectivity index (χ1) is 11.9. The highest BCUT2D eigenvalue weighted by Gasteiger charge is 2.36. The van der Waals surface area contributed by atoms with Crippen molar-refractivity contribution in [2.75, 3.05) is 4.90 Å². The number of benzene rings is 2. The van der Waals surface area contributed by atoms with Gasteiger partial charge in [-0.25, -0.2) is 14.1 Å². The number of carbonyl (C=O) groups excluding carboxylic acids is 3. The number of nitrogens with one attached hydrogen (secondary N) is 1. The molecule has 4 amide bonds. The number of carbonyl (C=O) groups is 3. The number of amides is 4. The van der Waals surface area contributed by atoms with Crippen LogP contribution in [0.15, 0.2) is 48.0 Å². The molecule has 1 aliphatic heterocycles. The number of halogens is 3. The second-order valence-electron chi connectivity index (χ2n) is 5.11. The van der Waals surface area contributed by atoms with Gasteiger partial charge in [0.25, 0.3) is 11.8 Å². The molecule has 3 rings (SSSR count). The first-order valence-corrected chi connectivity index (χ1v) is 7.74. The minimum Gasteiger partial charge on any atom is -0.273 e. The number of barbiturate groups is 1. The monoisotopic (exact) mass is 378 g/mol. The first kappa shape index (κ1) is 17.1. The Labute approximate surface area is 151 Å². The van der Waals surface area contributed by atoms with Gasteiger partial charge in [-0.05, 0) is 48.0 Å². The minimum absolute atomic E-state index is 0.136. The molecule has 0 aromatic heterocycles. The zero-order chi connectivity index (χ0) is 18.1. The van der Waals surface area contributed by atoms with Crippen LogP contribution < -0.4 is 10.2 Å². The first-order valence-electron chi connectivity index (χ1n) is 6.99. The molecule has 0 spiro atoms. The third kappa shape index (κ3) is 3.40. The summed E-state index contributed by atoms with van der Waals surface area (Å²) in [7, 11) is 0. The average Bonchev–Trinajstić information content (AvgIpc) is 2.56. The van der Waals surface area contributed by atoms with E-state index in [1.165, 1.54) is 30.3 Å². The van der Waals surface area contributed by atoms with Gasteiger partial charge >= 0.3 is 6.03 Å². The highest BCUT2D eigenvalue weighted by atomic mass is 35.5. The molecular weight excluding hydrogens is 370 g/mol. The van der Waals surface area contributed by atoms with Crippen molar-refractivity contribution in [1.82, 2.24) is 5.32 Å². The smallest absolute Gasteiger partial charge is 0.273 e. The van der Waals surface area contributed by atoms with Gasteiger partial charge in [-0.1, -0.05) is 29.3 Å². The van der Waals surface area contributed by atoms with Crippen molar-refractivity contribution in [3.63, 3.8) is 0 Å². The molecule has 2 aromatic rings. The van der Waals surface area contributed by atoms with Gasteiger partial charge in [0.05, 0.1) is 15.7 Å². The van der Waals surface area contributed by atoms with Crippen LogP contribution in [-0.4, -0.2) is 17.8 Å². The number of hydrogen-bond acceptors (Lipinski definition) is 3. The summed E-state index contributed by atoms with van der Waals surface area (Å²) >= 11 is 11.8. The molecule has 25 heavy (non-hydrogen) atoms. The molecule has 1 aliphatic rings. The molecular formula is C17H9Cl2FN2O3. The van der Waals surface area contributed by atoms with Gasteiger partial charge in [0.1, 0.15) is 11.4 Å². The number of nitrogens with zero attached hydrogens (tertiary/aromatic N) is 1. The molecule has 1 saturated heterocycles. The lowest BCUT2D eigenvalue weighted by atomic mass is 10.1. The largest absolute Gasteiger partial charge is 0.335 e. The summed E-state index contributed by atoms with van der Waals surface area (Å²) in [4.78, 5) is 37.4. The lowest BCUT2D eigenvalue weighted by Crippen LogP contribution is -2.54. The van der Waals surface area contributed by atoms with Crippen LogP contribution in [-0.2, 0) is 9.59 Å². The Morgan fingerprint density at radius 1 is 0.960 bits per heavy atom. The maximum absolute atomic E-state index is 13.1. The van der Waals surface area contributed by atoms with Crippen LogP contribution in [0.4, 0.5) is 14.9 Å². The molecule has 1 fully saturated rings.